The molecule has 2 heteroatoms. The number of carbonyl (C=O) groups is 1. The Bertz CT molecular complexity index is 178. The van der Waals surface area contributed by atoms with Crippen LogP contribution in [0.5, 0.6) is 0 Å². The van der Waals surface area contributed by atoms with E-state index in [2.05, 4.69) is 0 Å². The van der Waals surface area contributed by atoms with Crippen LogP contribution in [0.1, 0.15) is 32.6 Å². The van der Waals surface area contributed by atoms with Crippen LogP contribution in [0.3, 0.4) is 0 Å². The zero-order chi connectivity index (χ0) is 7.84. The van der Waals surface area contributed by atoms with Crippen molar-refractivity contribution in [1.29, 1.82) is 0 Å². The van der Waals surface area contributed by atoms with Crippen molar-refractivity contribution in [2.75, 3.05) is 0 Å². The third-order valence-corrected chi connectivity index (χ3v) is 4.20. The molecule has 11 heavy (non-hydrogen) atoms. The van der Waals surface area contributed by atoms with Crippen LogP contribution < -0.4 is 0 Å². The van der Waals surface area contributed by atoms with Crippen molar-refractivity contribution in [2.45, 2.75) is 37.9 Å². The molecule has 2 fully saturated rings. The van der Waals surface area contributed by atoms with Gasteiger partial charge in [0.25, 0.3) is 0 Å². The Morgan fingerprint density at radius 1 is 1.36 bits per heavy atom. The summed E-state index contributed by atoms with van der Waals surface area (Å²) in [5.74, 6) is 1.85. The number of fused-ring (bicyclic) bond motifs is 2. The van der Waals surface area contributed by atoms with E-state index in [1.54, 1.807) is 18.7 Å². The van der Waals surface area contributed by atoms with Crippen LogP contribution in [0.25, 0.3) is 0 Å². The monoisotopic (exact) mass is 170 g/mol. The van der Waals surface area contributed by atoms with Gasteiger partial charge in [0.05, 0.1) is 0 Å². The van der Waals surface area contributed by atoms with E-state index in [0.29, 0.717) is 10.4 Å². The van der Waals surface area contributed by atoms with Crippen molar-refractivity contribution in [3.05, 3.63) is 0 Å². The minimum atomic E-state index is 0.308. The molecule has 1 nitrogen and oxygen atoms in total. The number of hydrogen-bond acceptors (Lipinski definition) is 2. The van der Waals surface area contributed by atoms with E-state index in [9.17, 15) is 4.79 Å². The lowest BCUT2D eigenvalue weighted by molar-refractivity contribution is -0.109. The molecule has 2 aliphatic rings. The summed E-state index contributed by atoms with van der Waals surface area (Å²) in [6, 6.07) is 0. The molecule has 0 aliphatic heterocycles. The Balaban J connectivity index is 1.92. The van der Waals surface area contributed by atoms with Gasteiger partial charge in [0.1, 0.15) is 0 Å². The Labute approximate surface area is 71.9 Å². The first-order valence-electron chi connectivity index (χ1n) is 4.43. The molecular weight excluding hydrogens is 156 g/mol. The van der Waals surface area contributed by atoms with Gasteiger partial charge in [-0.3, -0.25) is 4.79 Å². The first kappa shape index (κ1) is 7.66. The quantitative estimate of drug-likeness (QED) is 0.601. The van der Waals surface area contributed by atoms with Gasteiger partial charge in [0, 0.05) is 12.2 Å². The summed E-state index contributed by atoms with van der Waals surface area (Å²) >= 11 is 1.59. The second-order valence-corrected chi connectivity index (χ2v) is 5.24. The maximum Gasteiger partial charge on any atom is 0.186 e. The molecule has 0 saturated heterocycles. The minimum Gasteiger partial charge on any atom is -0.288 e. The molecule has 3 unspecified atom stereocenters. The van der Waals surface area contributed by atoms with Crippen molar-refractivity contribution < 1.29 is 4.79 Å². The molecule has 0 radical (unpaired) electrons. The predicted molar refractivity (Wildman–Crippen MR) is 47.5 cm³/mol. The molecule has 3 atom stereocenters. The van der Waals surface area contributed by atoms with Crippen LogP contribution in [-0.2, 0) is 4.79 Å². The van der Waals surface area contributed by atoms with Gasteiger partial charge in [0.2, 0.25) is 0 Å². The summed E-state index contributed by atoms with van der Waals surface area (Å²) in [6.45, 7) is 1.69. The molecule has 0 spiro atoms. The maximum atomic E-state index is 10.8. The Kier molecular flexibility index (Phi) is 1.96. The molecule has 0 N–H and O–H groups in total. The van der Waals surface area contributed by atoms with Gasteiger partial charge < -0.3 is 0 Å². The van der Waals surface area contributed by atoms with Crippen LogP contribution in [0, 0.1) is 11.8 Å². The number of rotatable bonds is 1. The van der Waals surface area contributed by atoms with Crippen LogP contribution in [-0.4, -0.2) is 10.4 Å². The smallest absolute Gasteiger partial charge is 0.186 e. The molecule has 2 rings (SSSR count). The van der Waals surface area contributed by atoms with Crippen molar-refractivity contribution in [3.63, 3.8) is 0 Å². The van der Waals surface area contributed by atoms with Crippen molar-refractivity contribution in [3.8, 4) is 0 Å². The SMILES string of the molecule is CC(=O)SC1CC2CCC1C2. The first-order chi connectivity index (χ1) is 5.25. The highest BCUT2D eigenvalue weighted by molar-refractivity contribution is 8.14. The van der Waals surface area contributed by atoms with E-state index >= 15 is 0 Å². The second-order valence-electron chi connectivity index (χ2n) is 3.82. The van der Waals surface area contributed by atoms with Crippen LogP contribution in [0.15, 0.2) is 0 Å². The predicted octanol–water partition coefficient (Wildman–Crippen LogP) is 2.45. The molecule has 0 amide bonds. The molecule has 0 aromatic heterocycles. The fourth-order valence-electron chi connectivity index (χ4n) is 2.54. The number of carbonyl (C=O) groups excluding carboxylic acids is 1. The third kappa shape index (κ3) is 1.46. The highest BCUT2D eigenvalue weighted by Gasteiger charge is 2.40. The zero-order valence-electron chi connectivity index (χ0n) is 6.88. The van der Waals surface area contributed by atoms with Gasteiger partial charge in [0.15, 0.2) is 5.12 Å². The highest BCUT2D eigenvalue weighted by atomic mass is 32.2. The molecule has 62 valence electrons. The van der Waals surface area contributed by atoms with Gasteiger partial charge >= 0.3 is 0 Å². The van der Waals surface area contributed by atoms with E-state index in [1.165, 1.54) is 25.7 Å². The van der Waals surface area contributed by atoms with Crippen LogP contribution in [0.4, 0.5) is 0 Å². The lowest BCUT2D eigenvalue weighted by atomic mass is 10.0. The van der Waals surface area contributed by atoms with Gasteiger partial charge in [-0.1, -0.05) is 18.2 Å². The Morgan fingerprint density at radius 2 is 2.18 bits per heavy atom. The summed E-state index contributed by atoms with van der Waals surface area (Å²) in [7, 11) is 0. The first-order valence-corrected chi connectivity index (χ1v) is 5.31. The van der Waals surface area contributed by atoms with Gasteiger partial charge in [-0.2, -0.15) is 0 Å². The summed E-state index contributed by atoms with van der Waals surface area (Å²) in [4.78, 5) is 10.8. The molecule has 0 aromatic rings. The van der Waals surface area contributed by atoms with Crippen molar-refractivity contribution in [2.24, 2.45) is 11.8 Å². The van der Waals surface area contributed by atoms with Crippen molar-refractivity contribution >= 4 is 16.9 Å². The van der Waals surface area contributed by atoms with E-state index in [-0.39, 0.29) is 0 Å². The van der Waals surface area contributed by atoms with E-state index in [1.807, 2.05) is 0 Å². The standard InChI is InChI=1S/C9H14OS/c1-6(10)11-9-5-7-2-3-8(9)4-7/h7-9H,2-5H2,1H3. The van der Waals surface area contributed by atoms with E-state index < -0.39 is 0 Å². The molecule has 0 heterocycles. The highest BCUT2D eigenvalue weighted by Crippen LogP contribution is 2.49. The summed E-state index contributed by atoms with van der Waals surface area (Å²) in [5.41, 5.74) is 0. The lowest BCUT2D eigenvalue weighted by Crippen LogP contribution is -2.13. The fraction of sp³-hybridized carbons (Fsp3) is 0.889. The molecule has 2 saturated carbocycles. The maximum absolute atomic E-state index is 10.8. The normalized spacial score (nSPS) is 41.4. The third-order valence-electron chi connectivity index (χ3n) is 2.99. The van der Waals surface area contributed by atoms with Crippen LogP contribution >= 0.6 is 11.8 Å². The van der Waals surface area contributed by atoms with E-state index in [4.69, 9.17) is 0 Å². The summed E-state index contributed by atoms with van der Waals surface area (Å²) < 4.78 is 0. The number of thioether (sulfide) groups is 1. The second kappa shape index (κ2) is 2.81. The van der Waals surface area contributed by atoms with Crippen molar-refractivity contribution in [1.82, 2.24) is 0 Å². The average molecular weight is 170 g/mol. The molecule has 2 bridgehead atoms. The lowest BCUT2D eigenvalue weighted by Gasteiger charge is -2.18. The largest absolute Gasteiger partial charge is 0.288 e. The zero-order valence-corrected chi connectivity index (χ0v) is 7.69. The Hall–Kier alpha value is 0.0200. The minimum absolute atomic E-state index is 0.308. The van der Waals surface area contributed by atoms with Gasteiger partial charge in [-0.05, 0) is 31.1 Å². The summed E-state index contributed by atoms with van der Waals surface area (Å²) in [5, 5.41) is 0.994. The van der Waals surface area contributed by atoms with Gasteiger partial charge in [-0.25, -0.2) is 0 Å². The van der Waals surface area contributed by atoms with E-state index in [0.717, 1.165) is 11.8 Å². The van der Waals surface area contributed by atoms with Gasteiger partial charge in [-0.15, -0.1) is 0 Å². The molecule has 0 aromatic carbocycles. The topological polar surface area (TPSA) is 17.1 Å². The summed E-state index contributed by atoms with van der Waals surface area (Å²) in [6.07, 6.45) is 5.54. The van der Waals surface area contributed by atoms with Crippen LogP contribution in [0.2, 0.25) is 0 Å². The Morgan fingerprint density at radius 3 is 2.64 bits per heavy atom. The molecular formula is C9H14OS. The fourth-order valence-corrected chi connectivity index (χ4v) is 3.78. The molecule has 2 aliphatic carbocycles. The number of hydrogen-bond donors (Lipinski definition) is 0. The average Bonchev–Trinajstić information content (AvgIpc) is 2.45.